The fraction of sp³-hybridized carbons (Fsp3) is 0.333. The Morgan fingerprint density at radius 2 is 1.35 bits per heavy atom. The zero-order chi connectivity index (χ0) is 38.2. The molecule has 5 nitrogen and oxygen atoms in total. The number of hydrogen-bond donors (Lipinski definition) is 0. The number of fused-ring (bicyclic) bond motifs is 4. The molecule has 278 valence electrons. The smallest absolute Gasteiger partial charge is 0.454 e. The number of unbranched alkanes of at least 4 members (excludes halogenated alkanes) is 2. The van der Waals surface area contributed by atoms with Crippen LogP contribution in [-0.2, 0) is 0 Å². The SMILES string of the molecule is CCCCN(CCCC)c1ccc2nc3c4ccccc4c(=O)c(-c4ccccc4OC(=C(C(F)(F)F)C(F)(F)F)C(F)(F)C(F)(F)F)c-3oc2c1. The second-order valence-corrected chi connectivity index (χ2v) is 11.9. The molecule has 2 aliphatic rings. The lowest BCUT2D eigenvalue weighted by molar-refractivity contribution is -0.277. The first-order valence-electron chi connectivity index (χ1n) is 16.0. The Morgan fingerprint density at radius 3 is 1.92 bits per heavy atom. The lowest BCUT2D eigenvalue weighted by Gasteiger charge is -2.27. The van der Waals surface area contributed by atoms with Crippen LogP contribution in [0.25, 0.3) is 44.5 Å². The molecule has 5 rings (SSSR count). The Morgan fingerprint density at radius 1 is 0.769 bits per heavy atom. The lowest BCUT2D eigenvalue weighted by Crippen LogP contribution is -2.44. The average Bonchev–Trinajstić information content (AvgIpc) is 3.06. The first-order chi connectivity index (χ1) is 24.3. The molecular weight excluding hydrogens is 717 g/mol. The first-order valence-corrected chi connectivity index (χ1v) is 16.0. The normalized spacial score (nSPS) is 12.9. The number of halogens is 11. The molecule has 0 spiro atoms. The number of alkyl halides is 11. The maximum Gasteiger partial charge on any atom is 0.461 e. The van der Waals surface area contributed by atoms with Crippen molar-refractivity contribution >= 4 is 27.6 Å². The van der Waals surface area contributed by atoms with Gasteiger partial charge in [-0.2, -0.15) is 48.3 Å². The standard InChI is InChI=1S/C36H29F11N2O3/c1-3-5-17-49(18-6-4-2)20-15-16-24-26(19-20)51-30-27(29(50)22-12-8-7-11-21(22)28(30)48-24)23-13-9-10-14-25(23)52-32(33(37,38)36(45,46)47)31(34(39,40)41)35(42,43)44/h7-16,19H,3-6,17-18H2,1-2H3. The maximum atomic E-state index is 14.7. The van der Waals surface area contributed by atoms with Crippen molar-refractivity contribution in [1.29, 1.82) is 0 Å². The van der Waals surface area contributed by atoms with Gasteiger partial charge in [0.1, 0.15) is 17.0 Å². The Kier molecular flexibility index (Phi) is 10.5. The number of rotatable bonds is 11. The number of allylic oxidation sites excluding steroid dienone is 2. The lowest BCUT2D eigenvalue weighted by atomic mass is 9.94. The highest BCUT2D eigenvalue weighted by molar-refractivity contribution is 6.03. The number of nitrogens with zero attached hydrogens (tertiary/aromatic N) is 2. The third-order valence-electron chi connectivity index (χ3n) is 8.22. The van der Waals surface area contributed by atoms with Gasteiger partial charge in [0.15, 0.2) is 22.3 Å². The van der Waals surface area contributed by atoms with E-state index in [1.165, 1.54) is 18.2 Å². The summed E-state index contributed by atoms with van der Waals surface area (Å²) in [5.74, 6) is -12.3. The highest BCUT2D eigenvalue weighted by atomic mass is 19.4. The fourth-order valence-electron chi connectivity index (χ4n) is 5.68. The highest BCUT2D eigenvalue weighted by Crippen LogP contribution is 2.51. The molecule has 3 aromatic rings. The van der Waals surface area contributed by atoms with Crippen molar-refractivity contribution < 1.29 is 57.4 Å². The molecule has 0 radical (unpaired) electrons. The fourth-order valence-corrected chi connectivity index (χ4v) is 5.68. The summed E-state index contributed by atoms with van der Waals surface area (Å²) in [5.41, 5.74) is -5.45. The van der Waals surface area contributed by atoms with Crippen LogP contribution in [0.5, 0.6) is 5.75 Å². The molecule has 1 aliphatic heterocycles. The molecule has 52 heavy (non-hydrogen) atoms. The van der Waals surface area contributed by atoms with Gasteiger partial charge in [-0.25, -0.2) is 4.98 Å². The van der Waals surface area contributed by atoms with E-state index >= 15 is 0 Å². The molecule has 0 fully saturated rings. The second-order valence-electron chi connectivity index (χ2n) is 11.9. The van der Waals surface area contributed by atoms with Gasteiger partial charge in [-0.05, 0) is 31.0 Å². The van der Waals surface area contributed by atoms with Crippen LogP contribution in [0.1, 0.15) is 39.5 Å². The van der Waals surface area contributed by atoms with Gasteiger partial charge in [0.25, 0.3) is 0 Å². The van der Waals surface area contributed by atoms with E-state index in [2.05, 4.69) is 14.6 Å². The third-order valence-corrected chi connectivity index (χ3v) is 8.22. The molecule has 0 atom stereocenters. The molecule has 1 heterocycles. The van der Waals surface area contributed by atoms with E-state index in [-0.39, 0.29) is 33.3 Å². The van der Waals surface area contributed by atoms with Gasteiger partial charge in [0.2, 0.25) is 5.76 Å². The summed E-state index contributed by atoms with van der Waals surface area (Å²) in [6.45, 7) is 5.41. The van der Waals surface area contributed by atoms with Crippen LogP contribution in [0.2, 0.25) is 0 Å². The Labute approximate surface area is 288 Å². The van der Waals surface area contributed by atoms with E-state index in [9.17, 15) is 53.1 Å². The summed E-state index contributed by atoms with van der Waals surface area (Å²) in [6, 6.07) is 14.4. The molecule has 0 saturated heterocycles. The Bertz CT molecular complexity index is 2110. The van der Waals surface area contributed by atoms with Crippen molar-refractivity contribution in [3.05, 3.63) is 88.3 Å². The molecule has 0 aromatic heterocycles. The zero-order valence-electron chi connectivity index (χ0n) is 27.4. The molecule has 1 aliphatic carbocycles. The minimum absolute atomic E-state index is 0.0169. The topological polar surface area (TPSA) is 55.6 Å². The van der Waals surface area contributed by atoms with Crippen molar-refractivity contribution in [2.75, 3.05) is 18.0 Å². The summed E-state index contributed by atoms with van der Waals surface area (Å²) in [4.78, 5) is 20.8. The van der Waals surface area contributed by atoms with E-state index in [4.69, 9.17) is 4.42 Å². The quantitative estimate of drug-likeness (QED) is 0.0583. The van der Waals surface area contributed by atoms with Crippen molar-refractivity contribution in [3.63, 3.8) is 0 Å². The molecule has 0 unspecified atom stereocenters. The van der Waals surface area contributed by atoms with Crippen LogP contribution in [0, 0.1) is 0 Å². The predicted octanol–water partition coefficient (Wildman–Crippen LogP) is 11.5. The molecule has 0 N–H and O–H groups in total. The minimum Gasteiger partial charge on any atom is -0.454 e. The van der Waals surface area contributed by atoms with E-state index in [1.807, 2.05) is 19.9 Å². The van der Waals surface area contributed by atoms with Crippen molar-refractivity contribution in [2.45, 2.75) is 64.0 Å². The minimum atomic E-state index is -6.96. The summed E-state index contributed by atoms with van der Waals surface area (Å²) >= 11 is 0. The van der Waals surface area contributed by atoms with Crippen LogP contribution in [0.3, 0.4) is 0 Å². The first kappa shape index (κ1) is 38.3. The monoisotopic (exact) mass is 746 g/mol. The van der Waals surface area contributed by atoms with Crippen molar-refractivity contribution in [1.82, 2.24) is 4.98 Å². The molecule has 16 heteroatoms. The summed E-state index contributed by atoms with van der Waals surface area (Å²) in [5, 5.41) is 0.138. The van der Waals surface area contributed by atoms with Crippen LogP contribution < -0.4 is 15.1 Å². The Hall–Kier alpha value is -4.89. The van der Waals surface area contributed by atoms with E-state index in [1.54, 1.807) is 18.2 Å². The molecular formula is C36H29F11N2O3. The molecule has 0 amide bonds. The number of para-hydroxylation sites is 1. The average molecular weight is 747 g/mol. The third kappa shape index (κ3) is 7.37. The van der Waals surface area contributed by atoms with E-state index in [0.29, 0.717) is 24.8 Å². The largest absolute Gasteiger partial charge is 0.461 e. The number of anilines is 1. The number of benzene rings is 4. The van der Waals surface area contributed by atoms with Gasteiger partial charge in [0.05, 0.1) is 5.56 Å². The van der Waals surface area contributed by atoms with Crippen molar-refractivity contribution in [2.24, 2.45) is 0 Å². The molecule has 3 aromatic carbocycles. The second kappa shape index (κ2) is 14.3. The van der Waals surface area contributed by atoms with E-state index < -0.39 is 58.1 Å². The van der Waals surface area contributed by atoms with Gasteiger partial charge in [-0.1, -0.05) is 69.2 Å². The van der Waals surface area contributed by atoms with Crippen LogP contribution in [-0.4, -0.2) is 42.5 Å². The summed E-state index contributed by atoms with van der Waals surface area (Å²) in [6.07, 6.45) is -17.0. The van der Waals surface area contributed by atoms with Crippen LogP contribution in [0.4, 0.5) is 54.0 Å². The van der Waals surface area contributed by atoms with Gasteiger partial charge in [-0.3, -0.25) is 4.79 Å². The van der Waals surface area contributed by atoms with Crippen molar-refractivity contribution in [3.8, 4) is 28.3 Å². The maximum absolute atomic E-state index is 14.7. The Balaban J connectivity index is 1.83. The molecule has 0 bridgehead atoms. The number of aromatic nitrogens is 1. The zero-order valence-corrected chi connectivity index (χ0v) is 27.4. The van der Waals surface area contributed by atoms with Gasteiger partial charge in [0, 0.05) is 41.2 Å². The molecule has 0 saturated carbocycles. The van der Waals surface area contributed by atoms with Crippen LogP contribution >= 0.6 is 0 Å². The number of hydrogen-bond acceptors (Lipinski definition) is 5. The highest BCUT2D eigenvalue weighted by Gasteiger charge is 2.68. The van der Waals surface area contributed by atoms with E-state index in [0.717, 1.165) is 43.9 Å². The predicted molar refractivity (Wildman–Crippen MR) is 173 cm³/mol. The summed E-state index contributed by atoms with van der Waals surface area (Å²) < 4.78 is 163. The van der Waals surface area contributed by atoms with Gasteiger partial charge in [-0.15, -0.1) is 0 Å². The van der Waals surface area contributed by atoms with Gasteiger partial charge >= 0.3 is 24.5 Å². The van der Waals surface area contributed by atoms with Crippen LogP contribution in [0.15, 0.2) is 87.3 Å². The number of ether oxygens (including phenoxy) is 1. The van der Waals surface area contributed by atoms with Gasteiger partial charge < -0.3 is 14.1 Å². The summed E-state index contributed by atoms with van der Waals surface area (Å²) in [7, 11) is 0.